The van der Waals surface area contributed by atoms with Crippen LogP contribution in [0.1, 0.15) is 34.8 Å². The Balaban J connectivity index is 1.82. The zero-order valence-corrected chi connectivity index (χ0v) is 14.3. The van der Waals surface area contributed by atoms with Gasteiger partial charge in [0, 0.05) is 17.1 Å². The number of nitrogens with one attached hydrogen (secondary N) is 2. The van der Waals surface area contributed by atoms with Crippen LogP contribution in [0.3, 0.4) is 0 Å². The van der Waals surface area contributed by atoms with E-state index < -0.39 is 0 Å². The number of H-pyrrole nitrogens is 1. The lowest BCUT2D eigenvalue weighted by Gasteiger charge is -2.14. The van der Waals surface area contributed by atoms with Crippen LogP contribution in [0.25, 0.3) is 11.3 Å². The number of nitrogens with zero attached hydrogens (tertiary/aromatic N) is 2. The SMILES string of the molecule is CCC(NC(=O)c1cn[nH]c1-c1ccc(OC)cc1)c1nccs1. The number of carbonyl (C=O) groups excluding carboxylic acids is 1. The standard InChI is InChI=1S/C17H18N4O2S/c1-3-14(17-18-8-9-24-17)20-16(22)13-10-19-21-15(13)11-4-6-12(23-2)7-5-11/h4-10,14H,3H2,1-2H3,(H,19,21)(H,20,22). The van der Waals surface area contributed by atoms with E-state index in [4.69, 9.17) is 4.74 Å². The topological polar surface area (TPSA) is 79.9 Å². The zero-order valence-electron chi connectivity index (χ0n) is 13.4. The normalized spacial score (nSPS) is 11.9. The van der Waals surface area contributed by atoms with E-state index in [-0.39, 0.29) is 11.9 Å². The van der Waals surface area contributed by atoms with Crippen molar-refractivity contribution >= 4 is 17.2 Å². The number of aromatic nitrogens is 3. The molecule has 0 aliphatic rings. The van der Waals surface area contributed by atoms with Gasteiger partial charge in [-0.3, -0.25) is 9.89 Å². The zero-order chi connectivity index (χ0) is 16.9. The summed E-state index contributed by atoms with van der Waals surface area (Å²) in [5, 5.41) is 12.8. The van der Waals surface area contributed by atoms with Crippen LogP contribution >= 0.6 is 11.3 Å². The van der Waals surface area contributed by atoms with Gasteiger partial charge in [-0.1, -0.05) is 6.92 Å². The van der Waals surface area contributed by atoms with Gasteiger partial charge in [-0.15, -0.1) is 11.3 Å². The van der Waals surface area contributed by atoms with Gasteiger partial charge >= 0.3 is 0 Å². The first-order chi connectivity index (χ1) is 11.7. The summed E-state index contributed by atoms with van der Waals surface area (Å²) in [5.74, 6) is 0.593. The number of benzene rings is 1. The highest BCUT2D eigenvalue weighted by molar-refractivity contribution is 7.09. The molecule has 0 saturated carbocycles. The van der Waals surface area contributed by atoms with Crippen LogP contribution in [0.2, 0.25) is 0 Å². The first-order valence-corrected chi connectivity index (χ1v) is 8.49. The van der Waals surface area contributed by atoms with E-state index in [1.54, 1.807) is 19.5 Å². The van der Waals surface area contributed by atoms with Crippen LogP contribution in [0, 0.1) is 0 Å². The predicted molar refractivity (Wildman–Crippen MR) is 93.2 cm³/mol. The molecular formula is C17H18N4O2S. The Morgan fingerprint density at radius 2 is 2.17 bits per heavy atom. The minimum absolute atomic E-state index is 0.101. The predicted octanol–water partition coefficient (Wildman–Crippen LogP) is 3.42. The Labute approximate surface area is 143 Å². The smallest absolute Gasteiger partial charge is 0.255 e. The van der Waals surface area contributed by atoms with Crippen molar-refractivity contribution in [2.75, 3.05) is 7.11 Å². The van der Waals surface area contributed by atoms with Gasteiger partial charge in [0.15, 0.2) is 0 Å². The number of rotatable bonds is 6. The quantitative estimate of drug-likeness (QED) is 0.719. The van der Waals surface area contributed by atoms with Crippen LogP contribution in [0.5, 0.6) is 5.75 Å². The van der Waals surface area contributed by atoms with Crippen LogP contribution in [-0.4, -0.2) is 28.2 Å². The van der Waals surface area contributed by atoms with E-state index in [2.05, 4.69) is 20.5 Å². The van der Waals surface area contributed by atoms with Crippen molar-refractivity contribution in [3.05, 3.63) is 52.6 Å². The second-order valence-electron chi connectivity index (χ2n) is 5.19. The lowest BCUT2D eigenvalue weighted by molar-refractivity contribution is 0.0936. The van der Waals surface area contributed by atoms with E-state index in [0.717, 1.165) is 22.7 Å². The Morgan fingerprint density at radius 1 is 1.38 bits per heavy atom. The molecule has 7 heteroatoms. The molecule has 0 fully saturated rings. The van der Waals surface area contributed by atoms with Gasteiger partial charge in [-0.05, 0) is 30.7 Å². The van der Waals surface area contributed by atoms with Crippen molar-refractivity contribution in [2.24, 2.45) is 0 Å². The maximum absolute atomic E-state index is 12.7. The number of ether oxygens (including phenoxy) is 1. The Bertz CT molecular complexity index is 796. The van der Waals surface area contributed by atoms with Gasteiger partial charge in [-0.2, -0.15) is 5.10 Å². The molecule has 0 saturated heterocycles. The van der Waals surface area contributed by atoms with Crippen molar-refractivity contribution in [2.45, 2.75) is 19.4 Å². The van der Waals surface area contributed by atoms with E-state index in [9.17, 15) is 4.79 Å². The number of carbonyl (C=O) groups is 1. The fourth-order valence-electron chi connectivity index (χ4n) is 2.42. The Morgan fingerprint density at radius 3 is 2.79 bits per heavy atom. The number of hydrogen-bond acceptors (Lipinski definition) is 5. The molecule has 0 aliphatic heterocycles. The van der Waals surface area contributed by atoms with Crippen molar-refractivity contribution in [1.29, 1.82) is 0 Å². The summed E-state index contributed by atoms with van der Waals surface area (Å²) in [6.07, 6.45) is 4.06. The maximum Gasteiger partial charge on any atom is 0.255 e. The molecule has 2 N–H and O–H groups in total. The Kier molecular flexibility index (Phi) is 4.90. The summed E-state index contributed by atoms with van der Waals surface area (Å²) in [7, 11) is 1.62. The number of methoxy groups -OCH3 is 1. The number of aromatic amines is 1. The minimum Gasteiger partial charge on any atom is -0.497 e. The van der Waals surface area contributed by atoms with Crippen LogP contribution < -0.4 is 10.1 Å². The highest BCUT2D eigenvalue weighted by atomic mass is 32.1. The fourth-order valence-corrected chi connectivity index (χ4v) is 3.19. The lowest BCUT2D eigenvalue weighted by Crippen LogP contribution is -2.28. The third-order valence-electron chi connectivity index (χ3n) is 3.73. The molecule has 24 heavy (non-hydrogen) atoms. The third kappa shape index (κ3) is 3.30. The molecule has 0 bridgehead atoms. The van der Waals surface area contributed by atoms with Gasteiger partial charge in [0.1, 0.15) is 10.8 Å². The minimum atomic E-state index is -0.170. The molecule has 2 aromatic heterocycles. The van der Waals surface area contributed by atoms with Crippen LogP contribution in [0.4, 0.5) is 0 Å². The molecule has 1 atom stereocenters. The summed E-state index contributed by atoms with van der Waals surface area (Å²) < 4.78 is 5.16. The molecule has 3 rings (SSSR count). The number of amides is 1. The summed E-state index contributed by atoms with van der Waals surface area (Å²) >= 11 is 1.54. The van der Waals surface area contributed by atoms with Gasteiger partial charge in [0.05, 0.1) is 30.6 Å². The van der Waals surface area contributed by atoms with E-state index in [1.165, 1.54) is 11.3 Å². The highest BCUT2D eigenvalue weighted by Crippen LogP contribution is 2.25. The summed E-state index contributed by atoms with van der Waals surface area (Å²) in [4.78, 5) is 17.0. The van der Waals surface area contributed by atoms with Crippen molar-refractivity contribution in [1.82, 2.24) is 20.5 Å². The Hall–Kier alpha value is -2.67. The molecule has 3 aromatic rings. The summed E-state index contributed by atoms with van der Waals surface area (Å²) in [6, 6.07) is 7.38. The second-order valence-corrected chi connectivity index (χ2v) is 6.12. The largest absolute Gasteiger partial charge is 0.497 e. The highest BCUT2D eigenvalue weighted by Gasteiger charge is 2.20. The molecule has 6 nitrogen and oxygen atoms in total. The maximum atomic E-state index is 12.7. The average molecular weight is 342 g/mol. The molecule has 2 heterocycles. The molecule has 0 spiro atoms. The first-order valence-electron chi connectivity index (χ1n) is 7.61. The monoisotopic (exact) mass is 342 g/mol. The second kappa shape index (κ2) is 7.27. The van der Waals surface area contributed by atoms with Gasteiger partial charge in [-0.25, -0.2) is 4.98 Å². The van der Waals surface area contributed by atoms with Gasteiger partial charge in [0.25, 0.3) is 5.91 Å². The number of hydrogen-bond donors (Lipinski definition) is 2. The van der Waals surface area contributed by atoms with Gasteiger partial charge in [0.2, 0.25) is 0 Å². The molecule has 0 aliphatic carbocycles. The van der Waals surface area contributed by atoms with Crippen LogP contribution in [0.15, 0.2) is 42.0 Å². The summed E-state index contributed by atoms with van der Waals surface area (Å²) in [5.41, 5.74) is 2.07. The molecule has 1 amide bonds. The molecule has 1 aromatic carbocycles. The van der Waals surface area contributed by atoms with E-state index in [0.29, 0.717) is 11.3 Å². The van der Waals surface area contributed by atoms with Crippen molar-refractivity contribution < 1.29 is 9.53 Å². The number of thiazole rings is 1. The third-order valence-corrected chi connectivity index (χ3v) is 4.61. The first kappa shape index (κ1) is 16.2. The molecule has 0 radical (unpaired) electrons. The average Bonchev–Trinajstić information content (AvgIpc) is 3.31. The fraction of sp³-hybridized carbons (Fsp3) is 0.235. The van der Waals surface area contributed by atoms with Crippen LogP contribution in [-0.2, 0) is 0 Å². The van der Waals surface area contributed by atoms with E-state index in [1.807, 2.05) is 36.6 Å². The lowest BCUT2D eigenvalue weighted by atomic mass is 10.1. The molecule has 124 valence electrons. The van der Waals surface area contributed by atoms with Crippen molar-refractivity contribution in [3.63, 3.8) is 0 Å². The molecule has 1 unspecified atom stereocenters. The van der Waals surface area contributed by atoms with E-state index >= 15 is 0 Å². The van der Waals surface area contributed by atoms with Gasteiger partial charge < -0.3 is 10.1 Å². The van der Waals surface area contributed by atoms with Crippen molar-refractivity contribution in [3.8, 4) is 17.0 Å². The summed E-state index contributed by atoms with van der Waals surface area (Å²) in [6.45, 7) is 2.02. The molecular weight excluding hydrogens is 324 g/mol.